The van der Waals surface area contributed by atoms with E-state index < -0.39 is 0 Å². The number of unbranched alkanes of at least 4 members (excludes halogenated alkanes) is 9. The zero-order valence-corrected chi connectivity index (χ0v) is 15.6. The molecular weight excluding hydrogens is 371 g/mol. The normalized spacial score (nSPS) is 12.5. The van der Waals surface area contributed by atoms with E-state index in [2.05, 4.69) is 35.6 Å². The van der Waals surface area contributed by atoms with Gasteiger partial charge in [0.2, 0.25) is 0 Å². The van der Waals surface area contributed by atoms with E-state index in [-0.39, 0.29) is 6.10 Å². The van der Waals surface area contributed by atoms with Gasteiger partial charge in [-0.25, -0.2) is 0 Å². The summed E-state index contributed by atoms with van der Waals surface area (Å²) in [5, 5.41) is 10.2. The van der Waals surface area contributed by atoms with Crippen molar-refractivity contribution in [3.8, 4) is 0 Å². The molecule has 0 amide bonds. The van der Waals surface area contributed by atoms with Crippen LogP contribution in [0.15, 0.2) is 24.3 Å². The summed E-state index contributed by atoms with van der Waals surface area (Å²) in [6.45, 7) is 2.27. The number of hydrogen-bond donors (Lipinski definition) is 1. The number of rotatable bonds is 12. The van der Waals surface area contributed by atoms with Gasteiger partial charge < -0.3 is 5.11 Å². The van der Waals surface area contributed by atoms with Crippen LogP contribution in [0.1, 0.15) is 89.2 Å². The molecule has 0 aromatic heterocycles. The minimum absolute atomic E-state index is 0.285. The highest BCUT2D eigenvalue weighted by Gasteiger charge is 2.09. The molecule has 1 aromatic carbocycles. The number of aliphatic hydroxyl groups excluding tert-OH is 1. The fraction of sp³-hybridized carbons (Fsp3) is 0.684. The summed E-state index contributed by atoms with van der Waals surface area (Å²) in [6.07, 6.45) is 14.1. The lowest BCUT2D eigenvalue weighted by Gasteiger charge is -2.12. The molecule has 1 atom stereocenters. The zero-order valence-electron chi connectivity index (χ0n) is 13.5. The Bertz CT molecular complexity index is 364. The molecule has 1 unspecified atom stereocenters. The number of halogens is 1. The van der Waals surface area contributed by atoms with Crippen LogP contribution in [-0.4, -0.2) is 5.11 Å². The summed E-state index contributed by atoms with van der Waals surface area (Å²) in [6, 6.07) is 8.15. The molecule has 0 aliphatic rings. The lowest BCUT2D eigenvalue weighted by atomic mass is 10.0. The molecule has 1 N–H and O–H groups in total. The van der Waals surface area contributed by atoms with Crippen LogP contribution in [0.3, 0.4) is 0 Å². The Labute approximate surface area is 144 Å². The molecule has 0 saturated heterocycles. The summed E-state index contributed by atoms with van der Waals surface area (Å²) in [5.41, 5.74) is 1.09. The van der Waals surface area contributed by atoms with Gasteiger partial charge in [0.25, 0.3) is 0 Å². The number of benzene rings is 1. The molecule has 1 aromatic rings. The number of hydrogen-bond acceptors (Lipinski definition) is 1. The van der Waals surface area contributed by atoms with Crippen molar-refractivity contribution in [3.63, 3.8) is 0 Å². The van der Waals surface area contributed by atoms with Crippen molar-refractivity contribution in [1.29, 1.82) is 0 Å². The quantitative estimate of drug-likeness (QED) is 0.307. The van der Waals surface area contributed by atoms with Crippen molar-refractivity contribution >= 4 is 22.6 Å². The predicted molar refractivity (Wildman–Crippen MR) is 101 cm³/mol. The molecule has 0 radical (unpaired) electrons. The minimum Gasteiger partial charge on any atom is -0.388 e. The van der Waals surface area contributed by atoms with Crippen molar-refractivity contribution in [2.45, 2.75) is 83.7 Å². The highest BCUT2D eigenvalue weighted by Crippen LogP contribution is 2.24. The molecule has 0 saturated carbocycles. The van der Waals surface area contributed by atoms with Gasteiger partial charge in [0.15, 0.2) is 0 Å². The van der Waals surface area contributed by atoms with Gasteiger partial charge >= 0.3 is 0 Å². The van der Waals surface area contributed by atoms with Crippen LogP contribution in [0.4, 0.5) is 0 Å². The maximum atomic E-state index is 10.2. The van der Waals surface area contributed by atoms with E-state index in [1.807, 2.05) is 18.2 Å². The monoisotopic (exact) mass is 402 g/mol. The summed E-state index contributed by atoms with van der Waals surface area (Å²) < 4.78 is 1.18. The van der Waals surface area contributed by atoms with Crippen molar-refractivity contribution in [2.24, 2.45) is 0 Å². The fourth-order valence-electron chi connectivity index (χ4n) is 2.73. The van der Waals surface area contributed by atoms with Gasteiger partial charge in [-0.2, -0.15) is 0 Å². The van der Waals surface area contributed by atoms with E-state index in [4.69, 9.17) is 0 Å². The maximum Gasteiger partial charge on any atom is 0.0800 e. The first-order chi connectivity index (χ1) is 10.3. The van der Waals surface area contributed by atoms with Crippen LogP contribution >= 0.6 is 22.6 Å². The third kappa shape index (κ3) is 8.82. The molecule has 0 aliphatic heterocycles. The zero-order chi connectivity index (χ0) is 15.3. The minimum atomic E-state index is -0.285. The molecule has 2 heteroatoms. The van der Waals surface area contributed by atoms with Crippen molar-refractivity contribution in [2.75, 3.05) is 0 Å². The second kappa shape index (κ2) is 12.5. The van der Waals surface area contributed by atoms with Gasteiger partial charge in [-0.1, -0.05) is 89.3 Å². The number of aliphatic hydroxyl groups is 1. The SMILES string of the molecule is CCCCCCCCCCCCC(O)c1ccccc1I. The second-order valence-electron chi connectivity index (χ2n) is 6.01. The lowest BCUT2D eigenvalue weighted by molar-refractivity contribution is 0.162. The third-order valence-corrected chi connectivity index (χ3v) is 5.08. The Balaban J connectivity index is 1.98. The summed E-state index contributed by atoms with van der Waals surface area (Å²) in [7, 11) is 0. The molecule has 0 spiro atoms. The van der Waals surface area contributed by atoms with Gasteiger partial charge in [-0.3, -0.25) is 0 Å². The Hall–Kier alpha value is -0.0900. The van der Waals surface area contributed by atoms with Crippen LogP contribution in [0.5, 0.6) is 0 Å². The fourth-order valence-corrected chi connectivity index (χ4v) is 3.47. The topological polar surface area (TPSA) is 20.2 Å². The largest absolute Gasteiger partial charge is 0.388 e. The molecule has 1 nitrogen and oxygen atoms in total. The van der Waals surface area contributed by atoms with E-state index in [1.54, 1.807) is 0 Å². The third-order valence-electron chi connectivity index (χ3n) is 4.10. The van der Waals surface area contributed by atoms with Gasteiger partial charge in [0.1, 0.15) is 0 Å². The first kappa shape index (κ1) is 19.0. The van der Waals surface area contributed by atoms with Crippen molar-refractivity contribution in [1.82, 2.24) is 0 Å². The van der Waals surface area contributed by atoms with Gasteiger partial charge in [0, 0.05) is 3.57 Å². The van der Waals surface area contributed by atoms with Crippen molar-refractivity contribution in [3.05, 3.63) is 33.4 Å². The Morgan fingerprint density at radius 3 is 1.95 bits per heavy atom. The van der Waals surface area contributed by atoms with Crippen LogP contribution < -0.4 is 0 Å². The molecule has 0 aliphatic carbocycles. The Kier molecular flexibility index (Phi) is 11.2. The lowest BCUT2D eigenvalue weighted by Crippen LogP contribution is -1.99. The summed E-state index contributed by atoms with van der Waals surface area (Å²) in [4.78, 5) is 0. The van der Waals surface area contributed by atoms with Crippen LogP contribution in [0.2, 0.25) is 0 Å². The van der Waals surface area contributed by atoms with E-state index in [9.17, 15) is 5.11 Å². The standard InChI is InChI=1S/C19H31IO/c1-2-3-4-5-6-7-8-9-10-11-16-19(21)17-14-12-13-15-18(17)20/h12-15,19,21H,2-11,16H2,1H3. The van der Waals surface area contributed by atoms with Crippen LogP contribution in [0.25, 0.3) is 0 Å². The van der Waals surface area contributed by atoms with Crippen molar-refractivity contribution < 1.29 is 5.11 Å². The highest BCUT2D eigenvalue weighted by atomic mass is 127. The summed E-state index contributed by atoms with van der Waals surface area (Å²) >= 11 is 2.31. The molecule has 0 fully saturated rings. The van der Waals surface area contributed by atoms with Gasteiger partial charge in [-0.05, 0) is 40.6 Å². The first-order valence-corrected chi connectivity index (χ1v) is 9.76. The Morgan fingerprint density at radius 2 is 1.38 bits per heavy atom. The predicted octanol–water partition coefficient (Wildman–Crippen LogP) is 6.64. The van der Waals surface area contributed by atoms with E-state index >= 15 is 0 Å². The second-order valence-corrected chi connectivity index (χ2v) is 7.17. The van der Waals surface area contributed by atoms with E-state index in [0.717, 1.165) is 18.4 Å². The van der Waals surface area contributed by atoms with Crippen LogP contribution in [0, 0.1) is 3.57 Å². The molecule has 120 valence electrons. The first-order valence-electron chi connectivity index (χ1n) is 8.68. The molecule has 0 heterocycles. The maximum absolute atomic E-state index is 10.2. The molecule has 21 heavy (non-hydrogen) atoms. The average molecular weight is 402 g/mol. The molecular formula is C19H31IO. The average Bonchev–Trinajstić information content (AvgIpc) is 2.49. The Morgan fingerprint density at radius 1 is 0.857 bits per heavy atom. The van der Waals surface area contributed by atoms with Gasteiger partial charge in [-0.15, -0.1) is 0 Å². The van der Waals surface area contributed by atoms with Crippen LogP contribution in [-0.2, 0) is 0 Å². The van der Waals surface area contributed by atoms with Gasteiger partial charge in [0.05, 0.1) is 6.10 Å². The summed E-state index contributed by atoms with van der Waals surface area (Å²) in [5.74, 6) is 0. The molecule has 0 bridgehead atoms. The van der Waals surface area contributed by atoms with E-state index in [1.165, 1.54) is 61.4 Å². The smallest absolute Gasteiger partial charge is 0.0800 e. The highest BCUT2D eigenvalue weighted by molar-refractivity contribution is 14.1. The van der Waals surface area contributed by atoms with E-state index in [0.29, 0.717) is 0 Å². The molecule has 1 rings (SSSR count).